The molecule has 0 radical (unpaired) electrons. The smallest absolute Gasteiger partial charge is 0.147 e. The van der Waals surface area contributed by atoms with Crippen LogP contribution in [-0.4, -0.2) is 16.5 Å². The van der Waals surface area contributed by atoms with Crippen molar-refractivity contribution in [2.24, 2.45) is 0 Å². The minimum atomic E-state index is 0.968. The molecule has 1 N–H and O–H groups in total. The quantitative estimate of drug-likeness (QED) is 0.698. The van der Waals surface area contributed by atoms with Gasteiger partial charge in [-0.2, -0.15) is 0 Å². The first-order valence-corrected chi connectivity index (χ1v) is 5.92. The van der Waals surface area contributed by atoms with Crippen LogP contribution in [0.2, 0.25) is 0 Å². The van der Waals surface area contributed by atoms with Crippen LogP contribution in [0.25, 0.3) is 0 Å². The molecule has 0 aliphatic rings. The number of aryl methyl sites for hydroxylation is 1. The van der Waals surface area contributed by atoms with Gasteiger partial charge in [-0.25, -0.2) is 4.98 Å². The van der Waals surface area contributed by atoms with Crippen LogP contribution < -0.4 is 5.32 Å². The van der Waals surface area contributed by atoms with Crippen LogP contribution in [0, 0.1) is 0 Å². The molecule has 0 saturated heterocycles. The van der Waals surface area contributed by atoms with E-state index in [1.54, 1.807) is 12.4 Å². The van der Waals surface area contributed by atoms with E-state index in [1.807, 2.05) is 0 Å². The molecule has 0 amide bonds. The molecular weight excluding hydrogens is 186 g/mol. The molecule has 1 heterocycles. The molecule has 0 unspecified atom stereocenters. The van der Waals surface area contributed by atoms with Gasteiger partial charge in [0.05, 0.1) is 5.69 Å². The maximum absolute atomic E-state index is 4.38. The Bertz CT molecular complexity index is 273. The van der Waals surface area contributed by atoms with Crippen LogP contribution in [0.15, 0.2) is 12.4 Å². The molecule has 0 aliphatic carbocycles. The summed E-state index contributed by atoms with van der Waals surface area (Å²) in [6.07, 6.45) is 9.40. The fourth-order valence-corrected chi connectivity index (χ4v) is 1.48. The van der Waals surface area contributed by atoms with Crippen molar-refractivity contribution in [2.75, 3.05) is 11.9 Å². The summed E-state index contributed by atoms with van der Waals surface area (Å²) in [5.74, 6) is 0.968. The largest absolute Gasteiger partial charge is 0.369 e. The summed E-state index contributed by atoms with van der Waals surface area (Å²) in [4.78, 5) is 8.70. The Morgan fingerprint density at radius 1 is 1.07 bits per heavy atom. The van der Waals surface area contributed by atoms with E-state index in [0.29, 0.717) is 0 Å². The van der Waals surface area contributed by atoms with E-state index in [1.165, 1.54) is 19.3 Å². The number of hydrogen-bond donors (Lipinski definition) is 1. The highest BCUT2D eigenvalue weighted by Gasteiger charge is 2.03. The third kappa shape index (κ3) is 4.28. The second kappa shape index (κ2) is 7.21. The van der Waals surface area contributed by atoms with Gasteiger partial charge in [0.15, 0.2) is 0 Å². The normalized spacial score (nSPS) is 10.3. The highest BCUT2D eigenvalue weighted by atomic mass is 15.0. The number of aromatic nitrogens is 2. The third-order valence-corrected chi connectivity index (χ3v) is 2.33. The summed E-state index contributed by atoms with van der Waals surface area (Å²) in [7, 11) is 0. The number of rotatable bonds is 7. The first kappa shape index (κ1) is 12.0. The summed E-state index contributed by atoms with van der Waals surface area (Å²) in [6, 6.07) is 0. The van der Waals surface area contributed by atoms with Crippen molar-refractivity contribution in [1.82, 2.24) is 9.97 Å². The predicted octanol–water partition coefficient (Wildman–Crippen LogP) is 3.03. The summed E-state index contributed by atoms with van der Waals surface area (Å²) >= 11 is 0. The number of unbranched alkanes of at least 4 members (excludes halogenated alkanes) is 2. The molecule has 3 nitrogen and oxygen atoms in total. The Morgan fingerprint density at radius 3 is 2.60 bits per heavy atom. The van der Waals surface area contributed by atoms with Crippen LogP contribution in [0.1, 0.15) is 45.2 Å². The first-order valence-electron chi connectivity index (χ1n) is 5.92. The first-order chi connectivity index (χ1) is 7.38. The molecule has 84 valence electrons. The molecule has 0 atom stereocenters. The highest BCUT2D eigenvalue weighted by molar-refractivity contribution is 5.39. The van der Waals surface area contributed by atoms with E-state index in [4.69, 9.17) is 0 Å². The van der Waals surface area contributed by atoms with Crippen LogP contribution in [0.3, 0.4) is 0 Å². The molecule has 15 heavy (non-hydrogen) atoms. The summed E-state index contributed by atoms with van der Waals surface area (Å²) in [5, 5.41) is 3.32. The molecule has 0 fully saturated rings. The molecular formula is C12H21N3. The standard InChI is InChI=1S/C12H21N3/c1-3-5-6-7-11-12(14-8-4-2)15-10-9-13-11/h9-10H,3-8H2,1-2H3,(H,14,15). The lowest BCUT2D eigenvalue weighted by Gasteiger charge is -2.08. The van der Waals surface area contributed by atoms with Crippen LogP contribution >= 0.6 is 0 Å². The van der Waals surface area contributed by atoms with Crippen molar-refractivity contribution in [3.63, 3.8) is 0 Å². The second-order valence-corrected chi connectivity index (χ2v) is 3.74. The van der Waals surface area contributed by atoms with Gasteiger partial charge in [0.25, 0.3) is 0 Å². The Morgan fingerprint density at radius 2 is 1.87 bits per heavy atom. The lowest BCUT2D eigenvalue weighted by Crippen LogP contribution is -2.06. The van der Waals surface area contributed by atoms with Gasteiger partial charge in [0.2, 0.25) is 0 Å². The molecule has 1 aromatic rings. The van der Waals surface area contributed by atoms with Gasteiger partial charge in [-0.05, 0) is 19.3 Å². The molecule has 0 saturated carbocycles. The summed E-state index contributed by atoms with van der Waals surface area (Å²) in [6.45, 7) is 5.34. The van der Waals surface area contributed by atoms with Crippen molar-refractivity contribution < 1.29 is 0 Å². The van der Waals surface area contributed by atoms with Crippen LogP contribution in [0.4, 0.5) is 5.82 Å². The number of nitrogens with one attached hydrogen (secondary N) is 1. The SMILES string of the molecule is CCCCCc1nccnc1NCCC. The zero-order valence-electron chi connectivity index (χ0n) is 9.79. The fourth-order valence-electron chi connectivity index (χ4n) is 1.48. The summed E-state index contributed by atoms with van der Waals surface area (Å²) < 4.78 is 0. The van der Waals surface area contributed by atoms with E-state index in [0.717, 1.165) is 30.9 Å². The molecule has 0 bridgehead atoms. The zero-order valence-corrected chi connectivity index (χ0v) is 9.79. The Labute approximate surface area is 92.3 Å². The average Bonchev–Trinajstić information content (AvgIpc) is 2.28. The van der Waals surface area contributed by atoms with E-state index in [9.17, 15) is 0 Å². The van der Waals surface area contributed by atoms with Gasteiger partial charge in [-0.3, -0.25) is 4.98 Å². The average molecular weight is 207 g/mol. The van der Waals surface area contributed by atoms with Gasteiger partial charge in [0.1, 0.15) is 5.82 Å². The van der Waals surface area contributed by atoms with E-state index in [2.05, 4.69) is 29.1 Å². The van der Waals surface area contributed by atoms with Gasteiger partial charge >= 0.3 is 0 Å². The van der Waals surface area contributed by atoms with Gasteiger partial charge < -0.3 is 5.32 Å². The molecule has 0 aliphatic heterocycles. The Kier molecular flexibility index (Phi) is 5.74. The zero-order chi connectivity index (χ0) is 10.9. The molecule has 0 aromatic carbocycles. The second-order valence-electron chi connectivity index (χ2n) is 3.74. The highest BCUT2D eigenvalue weighted by Crippen LogP contribution is 2.12. The van der Waals surface area contributed by atoms with Crippen molar-refractivity contribution in [3.05, 3.63) is 18.1 Å². The molecule has 1 aromatic heterocycles. The fraction of sp³-hybridized carbons (Fsp3) is 0.667. The van der Waals surface area contributed by atoms with Crippen molar-refractivity contribution in [2.45, 2.75) is 46.0 Å². The van der Waals surface area contributed by atoms with E-state index < -0.39 is 0 Å². The van der Waals surface area contributed by atoms with Crippen molar-refractivity contribution >= 4 is 5.82 Å². The lowest BCUT2D eigenvalue weighted by molar-refractivity contribution is 0.705. The van der Waals surface area contributed by atoms with Gasteiger partial charge in [-0.15, -0.1) is 0 Å². The summed E-state index contributed by atoms with van der Waals surface area (Å²) in [5.41, 5.74) is 1.11. The lowest BCUT2D eigenvalue weighted by atomic mass is 10.1. The molecule has 3 heteroatoms. The topological polar surface area (TPSA) is 37.8 Å². The third-order valence-electron chi connectivity index (χ3n) is 2.33. The number of nitrogens with zero attached hydrogens (tertiary/aromatic N) is 2. The predicted molar refractivity (Wildman–Crippen MR) is 64.0 cm³/mol. The Hall–Kier alpha value is -1.12. The molecule has 1 rings (SSSR count). The monoisotopic (exact) mass is 207 g/mol. The number of hydrogen-bond acceptors (Lipinski definition) is 3. The van der Waals surface area contributed by atoms with Crippen LogP contribution in [0.5, 0.6) is 0 Å². The maximum atomic E-state index is 4.38. The Balaban J connectivity index is 2.52. The minimum absolute atomic E-state index is 0.968. The van der Waals surface area contributed by atoms with Crippen molar-refractivity contribution in [1.29, 1.82) is 0 Å². The van der Waals surface area contributed by atoms with Crippen molar-refractivity contribution in [3.8, 4) is 0 Å². The number of anilines is 1. The van der Waals surface area contributed by atoms with Crippen LogP contribution in [-0.2, 0) is 6.42 Å². The van der Waals surface area contributed by atoms with Gasteiger partial charge in [-0.1, -0.05) is 26.7 Å². The van der Waals surface area contributed by atoms with E-state index >= 15 is 0 Å². The maximum Gasteiger partial charge on any atom is 0.147 e. The molecule has 0 spiro atoms. The van der Waals surface area contributed by atoms with Gasteiger partial charge in [0, 0.05) is 18.9 Å². The van der Waals surface area contributed by atoms with E-state index in [-0.39, 0.29) is 0 Å². The minimum Gasteiger partial charge on any atom is -0.369 e.